The fourth-order valence-corrected chi connectivity index (χ4v) is 0. The molecule has 11 heavy (non-hydrogen) atoms. The van der Waals surface area contributed by atoms with Gasteiger partial charge in [0.2, 0.25) is 0 Å². The van der Waals surface area contributed by atoms with Crippen LogP contribution >= 0.6 is 48.5 Å². The van der Waals surface area contributed by atoms with Gasteiger partial charge >= 0.3 is 211 Å². The standard InChI is InChI=1S/5ClH.3K.NO.Ru/c;;;;;;;;1-2;/h5*1H;;;;;/q;;;;;3*+1;-1;+3/p-5. The van der Waals surface area contributed by atoms with Gasteiger partial charge in [0.25, 0.3) is 0 Å². The minimum Gasteiger partial charge on any atom is -0.577 e. The van der Waals surface area contributed by atoms with Crippen LogP contribution in [0.3, 0.4) is 0 Å². The molecule has 0 unspecified atom stereocenters. The minimum absolute atomic E-state index is 0. The molecule has 0 aliphatic heterocycles. The van der Waals surface area contributed by atoms with E-state index in [9.17, 15) is 0 Å². The second-order valence-corrected chi connectivity index (χ2v) is 26.9. The molecule has 11 heteroatoms. The SMILES string of the molecule is [Cl][Ru-2]([Cl])([Cl])([Cl])[Cl].[K+].[K+].[K+].[N-]=O. The van der Waals surface area contributed by atoms with Crippen molar-refractivity contribution in [3.8, 4) is 0 Å². The predicted octanol–water partition coefficient (Wildman–Crippen LogP) is -5.22. The zero-order chi connectivity index (χ0) is 7.45. The molecule has 0 saturated heterocycles. The Morgan fingerprint density at radius 3 is 0.727 bits per heavy atom. The Bertz CT molecular complexity index is 64.6. The van der Waals surface area contributed by atoms with Gasteiger partial charge in [0, 0.05) is 0 Å². The van der Waals surface area contributed by atoms with E-state index in [-0.39, 0.29) is 154 Å². The van der Waals surface area contributed by atoms with Crippen molar-refractivity contribution >= 4 is 48.5 Å². The average Bonchev–Trinajstić information content (AvgIpc) is 1.33. The molecule has 0 heterocycles. The van der Waals surface area contributed by atoms with E-state index in [0.717, 1.165) is 0 Å². The Hall–Kier alpha value is 6.58. The molecule has 0 aromatic carbocycles. The minimum atomic E-state index is -4.11. The van der Waals surface area contributed by atoms with Crippen molar-refractivity contribution in [3.05, 3.63) is 10.5 Å². The third-order valence-corrected chi connectivity index (χ3v) is 0. The molecule has 0 fully saturated rings. The van der Waals surface area contributed by atoms with E-state index < -0.39 is 8.65 Å². The first kappa shape index (κ1) is 30.5. The van der Waals surface area contributed by atoms with Gasteiger partial charge in [0.15, 0.2) is 0 Å². The van der Waals surface area contributed by atoms with Crippen LogP contribution < -0.4 is 154 Å². The third kappa shape index (κ3) is 81.4. The first-order chi connectivity index (χ1) is 3.24. The van der Waals surface area contributed by atoms with Crippen LogP contribution in [0.2, 0.25) is 0 Å². The third-order valence-electron chi connectivity index (χ3n) is 0. The summed E-state index contributed by atoms with van der Waals surface area (Å²) in [6, 6.07) is 0. The maximum atomic E-state index is 7.25. The van der Waals surface area contributed by atoms with Gasteiger partial charge in [0.1, 0.15) is 0 Å². The maximum Gasteiger partial charge on any atom is 1.00 e. The van der Waals surface area contributed by atoms with E-state index in [1.807, 2.05) is 0 Å². The van der Waals surface area contributed by atoms with Crippen LogP contribution in [0.4, 0.5) is 0 Å². The number of hydrogen-bond donors (Lipinski definition) is 0. The van der Waals surface area contributed by atoms with Crippen molar-refractivity contribution in [3.63, 3.8) is 0 Å². The van der Waals surface area contributed by atoms with Crippen LogP contribution in [-0.2, 0) is 8.65 Å². The number of nitrogens with zero attached hydrogens (tertiary/aromatic N) is 1. The summed E-state index contributed by atoms with van der Waals surface area (Å²) in [7, 11) is 21.0. The van der Waals surface area contributed by atoms with E-state index in [1.165, 1.54) is 0 Å². The van der Waals surface area contributed by atoms with Gasteiger partial charge in [-0.25, -0.2) is 0 Å². The van der Waals surface area contributed by atoms with Crippen molar-refractivity contribution in [1.82, 2.24) is 0 Å². The molecule has 0 aliphatic carbocycles. The summed E-state index contributed by atoms with van der Waals surface area (Å²) in [6.07, 6.45) is 0. The molecule has 2 nitrogen and oxygen atoms in total. The van der Waals surface area contributed by atoms with Gasteiger partial charge in [-0.1, -0.05) is 0 Å². The second-order valence-electron chi connectivity index (χ2n) is 0.505. The van der Waals surface area contributed by atoms with Crippen molar-refractivity contribution in [2.75, 3.05) is 0 Å². The van der Waals surface area contributed by atoms with Gasteiger partial charge in [-0.05, 0) is 0 Å². The van der Waals surface area contributed by atoms with E-state index >= 15 is 0 Å². The number of nitroso groups, excluding NO2 is 1. The fraction of sp³-hybridized carbons (Fsp3) is 0. The van der Waals surface area contributed by atoms with Crippen LogP contribution in [0.25, 0.3) is 5.59 Å². The molecule has 0 aromatic rings. The summed E-state index contributed by atoms with van der Waals surface area (Å²) in [6.45, 7) is 0. The molecule has 0 N–H and O–H groups in total. The van der Waals surface area contributed by atoms with Crippen molar-refractivity contribution in [2.45, 2.75) is 0 Å². The Kier molecular flexibility index (Phi) is 40.7. The molecule has 57 valence electrons. The first-order valence-electron chi connectivity index (χ1n) is 0.851. The number of rotatable bonds is 0. The van der Waals surface area contributed by atoms with Gasteiger partial charge in [-0.2, -0.15) is 0 Å². The van der Waals surface area contributed by atoms with Gasteiger partial charge in [-0.3, -0.25) is 0 Å². The zero-order valence-electron chi connectivity index (χ0n) is 6.10. The first-order valence-corrected chi connectivity index (χ1v) is 12.0. The smallest absolute Gasteiger partial charge is 0.577 e. The zero-order valence-corrected chi connectivity index (χ0v) is 21.0. The topological polar surface area (TPSA) is 39.4 Å². The number of hydrogen-bond acceptors (Lipinski definition) is 1. The van der Waals surface area contributed by atoms with Crippen LogP contribution in [0.15, 0.2) is 0 Å². The molecule has 0 aromatic heterocycles. The maximum absolute atomic E-state index is 7.25. The molecule has 0 spiro atoms. The van der Waals surface area contributed by atoms with Crippen LogP contribution in [0.1, 0.15) is 0 Å². The van der Waals surface area contributed by atoms with E-state index in [2.05, 4.69) is 0 Å². The molecule has 0 amide bonds. The molecule has 0 saturated carbocycles. The molecule has 0 radical (unpaired) electrons. The Morgan fingerprint density at radius 2 is 0.727 bits per heavy atom. The van der Waals surface area contributed by atoms with E-state index in [4.69, 9.17) is 59.0 Å². The van der Waals surface area contributed by atoms with Crippen LogP contribution in [0.5, 0.6) is 0 Å². The average molecular weight is 426 g/mol. The van der Waals surface area contributed by atoms with Gasteiger partial charge in [-0.15, -0.1) is 0 Å². The Balaban J connectivity index is -0.0000000222. The molecule has 0 atom stereocenters. The summed E-state index contributed by atoms with van der Waals surface area (Å²) in [5.74, 6) is 0. The van der Waals surface area contributed by atoms with Gasteiger partial charge < -0.3 is 10.5 Å². The summed E-state index contributed by atoms with van der Waals surface area (Å²) < 4.78 is 0. The molecular formula is Cl5K3NORu. The van der Waals surface area contributed by atoms with E-state index in [0.29, 0.717) is 0 Å². The molecule has 0 bridgehead atoms. The number of halogens is 5. The van der Waals surface area contributed by atoms with E-state index in [1.54, 1.807) is 0 Å². The summed E-state index contributed by atoms with van der Waals surface area (Å²) in [5.41, 5.74) is 5.75. The quantitative estimate of drug-likeness (QED) is 0.358. The van der Waals surface area contributed by atoms with Gasteiger partial charge in [0.05, 0.1) is 0 Å². The Labute approximate surface area is 214 Å². The van der Waals surface area contributed by atoms with Crippen molar-refractivity contribution in [2.24, 2.45) is 0 Å². The Morgan fingerprint density at radius 1 is 0.727 bits per heavy atom. The monoisotopic (exact) mass is 424 g/mol. The summed E-state index contributed by atoms with van der Waals surface area (Å²) in [4.78, 5) is 7.25. The van der Waals surface area contributed by atoms with Crippen LogP contribution in [0, 0.1) is 4.91 Å². The summed E-state index contributed by atoms with van der Waals surface area (Å²) >= 11 is 0. The van der Waals surface area contributed by atoms with Crippen molar-refractivity contribution < 1.29 is 163 Å². The van der Waals surface area contributed by atoms with Crippen molar-refractivity contribution in [1.29, 1.82) is 0 Å². The summed E-state index contributed by atoms with van der Waals surface area (Å²) in [5, 5.41) is 0. The van der Waals surface area contributed by atoms with Crippen LogP contribution in [-0.4, -0.2) is 0 Å². The second kappa shape index (κ2) is 14.6. The molecular weight excluding hydrogens is 426 g/mol. The molecule has 0 aliphatic rings. The fourth-order valence-electron chi connectivity index (χ4n) is 0. The predicted molar refractivity (Wildman–Crippen MR) is 36.0 cm³/mol. The molecule has 0 rings (SSSR count). The normalized spacial score (nSPS) is 10.8. The largest absolute Gasteiger partial charge is 1.00 e.